The molecule has 0 fully saturated rings. The number of halogens is 2. The second-order valence-corrected chi connectivity index (χ2v) is 7.06. The largest absolute Gasteiger partial charge is 0.508 e. The van der Waals surface area contributed by atoms with E-state index in [0.717, 1.165) is 22.6 Å². The molecule has 2 N–H and O–H groups in total. The first-order valence-corrected chi connectivity index (χ1v) is 8.70. The van der Waals surface area contributed by atoms with Crippen molar-refractivity contribution in [2.45, 2.75) is 19.8 Å². The Morgan fingerprint density at radius 1 is 1.26 bits per heavy atom. The van der Waals surface area contributed by atoms with Gasteiger partial charge in [0.05, 0.1) is 21.5 Å². The van der Waals surface area contributed by atoms with Crippen molar-refractivity contribution in [3.8, 4) is 11.5 Å². The van der Waals surface area contributed by atoms with E-state index in [1.54, 1.807) is 0 Å². The molecule has 0 aliphatic heterocycles. The first-order valence-electron chi connectivity index (χ1n) is 7.13. The third-order valence-electron chi connectivity index (χ3n) is 3.05. The normalized spacial score (nSPS) is 10.6. The van der Waals surface area contributed by atoms with Crippen molar-refractivity contribution in [3.63, 3.8) is 0 Å². The topological polar surface area (TPSA) is 58.6 Å². The highest BCUT2D eigenvalue weighted by Gasteiger charge is 2.10. The lowest BCUT2D eigenvalue weighted by Crippen LogP contribution is -2.23. The molecule has 1 aromatic carbocycles. The van der Waals surface area contributed by atoms with Crippen LogP contribution in [0.25, 0.3) is 0 Å². The Bertz CT molecular complexity index is 665. The van der Waals surface area contributed by atoms with Crippen molar-refractivity contribution in [1.29, 1.82) is 0 Å². The van der Waals surface area contributed by atoms with Gasteiger partial charge in [0.15, 0.2) is 5.75 Å². The van der Waals surface area contributed by atoms with E-state index in [1.807, 2.05) is 19.1 Å². The highest BCUT2D eigenvalue weighted by molar-refractivity contribution is 7.13. The summed E-state index contributed by atoms with van der Waals surface area (Å²) < 4.78 is 5.53. The molecular formula is C16H17Cl2NO3S. The lowest BCUT2D eigenvalue weighted by atomic mass is 10.3. The van der Waals surface area contributed by atoms with Crippen LogP contribution < -0.4 is 10.1 Å². The fourth-order valence-corrected chi connectivity index (χ4v) is 3.30. The maximum Gasteiger partial charge on any atom is 0.261 e. The van der Waals surface area contributed by atoms with Gasteiger partial charge in [0.25, 0.3) is 5.91 Å². The number of carbonyl (C=O) groups excluding carboxylic acids is 1. The van der Waals surface area contributed by atoms with Gasteiger partial charge in [-0.05, 0) is 31.9 Å². The average Bonchev–Trinajstić information content (AvgIpc) is 2.91. The van der Waals surface area contributed by atoms with Gasteiger partial charge in [-0.15, -0.1) is 11.3 Å². The number of benzene rings is 1. The van der Waals surface area contributed by atoms with E-state index in [0.29, 0.717) is 18.9 Å². The maximum atomic E-state index is 11.8. The van der Waals surface area contributed by atoms with Gasteiger partial charge in [-0.1, -0.05) is 23.2 Å². The van der Waals surface area contributed by atoms with Crippen LogP contribution in [0.3, 0.4) is 0 Å². The first-order chi connectivity index (χ1) is 11.0. The van der Waals surface area contributed by atoms with Crippen LogP contribution in [0.2, 0.25) is 10.0 Å². The Hall–Kier alpha value is -1.43. The molecule has 2 rings (SSSR count). The number of unbranched alkanes of at least 4 members (excludes halogenated alkanes) is 1. The number of amides is 1. The molecule has 0 saturated heterocycles. The molecule has 0 bridgehead atoms. The van der Waals surface area contributed by atoms with Gasteiger partial charge >= 0.3 is 0 Å². The minimum absolute atomic E-state index is 0.00104. The molecule has 1 amide bonds. The van der Waals surface area contributed by atoms with Crippen molar-refractivity contribution >= 4 is 40.4 Å². The van der Waals surface area contributed by atoms with Gasteiger partial charge in [0.1, 0.15) is 5.75 Å². The summed E-state index contributed by atoms with van der Waals surface area (Å²) in [5.41, 5.74) is 0. The number of phenols is 1. The number of nitrogens with one attached hydrogen (secondary N) is 1. The number of thiophene rings is 1. The maximum absolute atomic E-state index is 11.8. The lowest BCUT2D eigenvalue weighted by molar-refractivity contribution is 0.0956. The SMILES string of the molecule is Cc1ccc(C(=O)NCCCCOc2c(Cl)cc(O)cc2Cl)s1. The molecule has 0 saturated carbocycles. The van der Waals surface area contributed by atoms with E-state index in [4.69, 9.17) is 27.9 Å². The second-order valence-electron chi connectivity index (χ2n) is 4.96. The quantitative estimate of drug-likeness (QED) is 0.693. The van der Waals surface area contributed by atoms with Gasteiger partial charge in [-0.2, -0.15) is 0 Å². The van der Waals surface area contributed by atoms with Crippen LogP contribution in [0.1, 0.15) is 27.4 Å². The van der Waals surface area contributed by atoms with E-state index in [9.17, 15) is 9.90 Å². The smallest absolute Gasteiger partial charge is 0.261 e. The summed E-state index contributed by atoms with van der Waals surface area (Å²) in [6.45, 7) is 2.98. The van der Waals surface area contributed by atoms with Gasteiger partial charge in [0, 0.05) is 23.6 Å². The summed E-state index contributed by atoms with van der Waals surface area (Å²) in [5, 5.41) is 12.8. The van der Waals surface area contributed by atoms with Crippen LogP contribution in [-0.4, -0.2) is 24.2 Å². The summed E-state index contributed by atoms with van der Waals surface area (Å²) in [7, 11) is 0. The zero-order valence-corrected chi connectivity index (χ0v) is 14.9. The Labute approximate surface area is 149 Å². The Kier molecular flexibility index (Phi) is 6.57. The van der Waals surface area contributed by atoms with Gasteiger partial charge in [-0.3, -0.25) is 4.79 Å². The van der Waals surface area contributed by atoms with Crippen LogP contribution in [0.5, 0.6) is 11.5 Å². The minimum atomic E-state index is -0.0476. The summed E-state index contributed by atoms with van der Waals surface area (Å²) in [6.07, 6.45) is 1.53. The molecule has 0 radical (unpaired) electrons. The molecule has 4 nitrogen and oxygen atoms in total. The first kappa shape index (κ1) is 17.9. The Balaban J connectivity index is 1.67. The predicted octanol–water partition coefficient (Wildman–Crippen LogP) is 4.66. The van der Waals surface area contributed by atoms with Crippen molar-refractivity contribution in [3.05, 3.63) is 44.1 Å². The van der Waals surface area contributed by atoms with E-state index < -0.39 is 0 Å². The number of ether oxygens (including phenoxy) is 1. The van der Waals surface area contributed by atoms with Crippen molar-refractivity contribution < 1.29 is 14.6 Å². The van der Waals surface area contributed by atoms with Crippen LogP contribution in [0, 0.1) is 6.92 Å². The average molecular weight is 374 g/mol. The zero-order chi connectivity index (χ0) is 16.8. The molecule has 23 heavy (non-hydrogen) atoms. The van der Waals surface area contributed by atoms with E-state index >= 15 is 0 Å². The summed E-state index contributed by atoms with van der Waals surface area (Å²) >= 11 is 13.4. The molecule has 0 atom stereocenters. The highest BCUT2D eigenvalue weighted by Crippen LogP contribution is 2.36. The molecular weight excluding hydrogens is 357 g/mol. The van der Waals surface area contributed by atoms with Crippen molar-refractivity contribution in [2.75, 3.05) is 13.2 Å². The number of hydrogen-bond acceptors (Lipinski definition) is 4. The third kappa shape index (κ3) is 5.30. The standard InChI is InChI=1S/C16H17Cl2NO3S/c1-10-4-5-14(23-10)16(21)19-6-2-3-7-22-15-12(17)8-11(20)9-13(15)18/h4-5,8-9,20H,2-3,6-7H2,1H3,(H,19,21). The highest BCUT2D eigenvalue weighted by atomic mass is 35.5. The molecule has 1 aromatic heterocycles. The van der Waals surface area contributed by atoms with E-state index in [-0.39, 0.29) is 21.7 Å². The van der Waals surface area contributed by atoms with Crippen LogP contribution >= 0.6 is 34.5 Å². The number of carbonyl (C=O) groups is 1. The number of aryl methyl sites for hydroxylation is 1. The number of rotatable bonds is 7. The number of hydrogen-bond donors (Lipinski definition) is 2. The Morgan fingerprint density at radius 2 is 1.96 bits per heavy atom. The van der Waals surface area contributed by atoms with Gasteiger partial charge in [0.2, 0.25) is 0 Å². The number of phenolic OH excluding ortho intramolecular Hbond substituents is 1. The molecule has 2 aromatic rings. The van der Waals surface area contributed by atoms with Gasteiger partial charge in [-0.25, -0.2) is 0 Å². The monoisotopic (exact) mass is 373 g/mol. The minimum Gasteiger partial charge on any atom is -0.508 e. The fourth-order valence-electron chi connectivity index (χ4n) is 1.93. The number of aromatic hydroxyl groups is 1. The van der Waals surface area contributed by atoms with Gasteiger partial charge < -0.3 is 15.2 Å². The molecule has 0 unspecified atom stereocenters. The third-order valence-corrected chi connectivity index (χ3v) is 4.61. The molecule has 124 valence electrons. The molecule has 0 aliphatic carbocycles. The van der Waals surface area contributed by atoms with Crippen LogP contribution in [0.15, 0.2) is 24.3 Å². The summed E-state index contributed by atoms with van der Waals surface area (Å²) in [5.74, 6) is 0.316. The fraction of sp³-hybridized carbons (Fsp3) is 0.312. The Morgan fingerprint density at radius 3 is 2.57 bits per heavy atom. The molecule has 1 heterocycles. The summed E-state index contributed by atoms with van der Waals surface area (Å²) in [6, 6.07) is 6.52. The van der Waals surface area contributed by atoms with E-state index in [1.165, 1.54) is 23.5 Å². The van der Waals surface area contributed by atoms with Crippen molar-refractivity contribution in [2.24, 2.45) is 0 Å². The molecule has 0 spiro atoms. The predicted molar refractivity (Wildman–Crippen MR) is 94.2 cm³/mol. The van der Waals surface area contributed by atoms with E-state index in [2.05, 4.69) is 5.32 Å². The summed E-state index contributed by atoms with van der Waals surface area (Å²) in [4.78, 5) is 13.7. The molecule has 7 heteroatoms. The lowest BCUT2D eigenvalue weighted by Gasteiger charge is -2.10. The molecule has 0 aliphatic rings. The van der Waals surface area contributed by atoms with Crippen LogP contribution in [0.4, 0.5) is 0 Å². The second kappa shape index (κ2) is 8.43. The van der Waals surface area contributed by atoms with Crippen LogP contribution in [-0.2, 0) is 0 Å². The zero-order valence-electron chi connectivity index (χ0n) is 12.6. The van der Waals surface area contributed by atoms with Crippen molar-refractivity contribution in [1.82, 2.24) is 5.32 Å².